The Bertz CT molecular complexity index is 1180. The molecule has 2 aromatic carbocycles. The predicted octanol–water partition coefficient (Wildman–Crippen LogP) is 3.88. The van der Waals surface area contributed by atoms with Gasteiger partial charge in [0.1, 0.15) is 0 Å². The van der Waals surface area contributed by atoms with Crippen molar-refractivity contribution < 1.29 is 19.1 Å². The van der Waals surface area contributed by atoms with Crippen molar-refractivity contribution in [2.45, 2.75) is 32.1 Å². The summed E-state index contributed by atoms with van der Waals surface area (Å²) in [6.07, 6.45) is 4.68. The van der Waals surface area contributed by atoms with Crippen molar-refractivity contribution in [2.75, 3.05) is 6.61 Å². The molecule has 3 aromatic rings. The maximum Gasteiger partial charge on any atom is 0.339 e. The lowest BCUT2D eigenvalue weighted by Crippen LogP contribution is -2.43. The number of halogens is 1. The first-order valence-electron chi connectivity index (χ1n) is 10.5. The number of nitrogens with zero attached hydrogens (tertiary/aromatic N) is 1. The number of amides is 2. The van der Waals surface area contributed by atoms with Crippen molar-refractivity contribution >= 4 is 44.6 Å². The molecule has 0 saturated heterocycles. The molecule has 164 valence electrons. The molecule has 2 amide bonds. The number of nitrogens with one attached hydrogen (secondary N) is 2. The minimum atomic E-state index is -0.631. The summed E-state index contributed by atoms with van der Waals surface area (Å²) in [7, 11) is 0. The largest absolute Gasteiger partial charge is 0.452 e. The number of pyridine rings is 1. The van der Waals surface area contributed by atoms with Gasteiger partial charge in [-0.3, -0.25) is 25.4 Å². The molecule has 7 nitrogen and oxygen atoms in total. The topological polar surface area (TPSA) is 97.4 Å². The summed E-state index contributed by atoms with van der Waals surface area (Å²) < 4.78 is 6.16. The number of hydrogen-bond donors (Lipinski definition) is 2. The normalized spacial score (nSPS) is 13.0. The van der Waals surface area contributed by atoms with E-state index in [1.807, 2.05) is 24.3 Å². The third-order valence-electron chi connectivity index (χ3n) is 5.38. The van der Waals surface area contributed by atoms with Crippen LogP contribution in [-0.2, 0) is 22.4 Å². The molecule has 8 heteroatoms. The van der Waals surface area contributed by atoms with Crippen molar-refractivity contribution in [1.29, 1.82) is 0 Å². The minimum absolute atomic E-state index is 0.386. The number of hydrazine groups is 1. The number of esters is 1. The Kier molecular flexibility index (Phi) is 6.80. The Balaban J connectivity index is 1.44. The van der Waals surface area contributed by atoms with Crippen LogP contribution in [0.2, 0.25) is 0 Å². The first-order valence-corrected chi connectivity index (χ1v) is 11.2. The van der Waals surface area contributed by atoms with Crippen LogP contribution in [0, 0.1) is 0 Å². The lowest BCUT2D eigenvalue weighted by atomic mass is 9.97. The van der Waals surface area contributed by atoms with Crippen LogP contribution in [0.3, 0.4) is 0 Å². The number of rotatable bonds is 4. The fraction of sp³-hybridized carbons (Fsp3) is 0.250. The molecule has 0 fully saturated rings. The number of hydrogen-bond acceptors (Lipinski definition) is 5. The van der Waals surface area contributed by atoms with Crippen molar-refractivity contribution in [3.05, 3.63) is 75.4 Å². The molecular formula is C24H22BrN3O4. The molecule has 0 bridgehead atoms. The number of benzene rings is 2. The Morgan fingerprint density at radius 3 is 2.50 bits per heavy atom. The van der Waals surface area contributed by atoms with E-state index < -0.39 is 24.4 Å². The van der Waals surface area contributed by atoms with Crippen LogP contribution in [0.15, 0.2) is 53.0 Å². The molecule has 1 aromatic heterocycles. The number of ether oxygens (including phenoxy) is 1. The zero-order chi connectivity index (χ0) is 22.5. The highest BCUT2D eigenvalue weighted by atomic mass is 79.9. The summed E-state index contributed by atoms with van der Waals surface area (Å²) in [5, 5.41) is 0.724. The number of fused-ring (bicyclic) bond motifs is 2. The van der Waals surface area contributed by atoms with Crippen LogP contribution in [0.4, 0.5) is 0 Å². The second kappa shape index (κ2) is 9.91. The van der Waals surface area contributed by atoms with Gasteiger partial charge < -0.3 is 4.74 Å². The lowest BCUT2D eigenvalue weighted by molar-refractivity contribution is -0.125. The quantitative estimate of drug-likeness (QED) is 0.325. The Morgan fingerprint density at radius 1 is 0.938 bits per heavy atom. The molecule has 0 spiro atoms. The molecule has 1 heterocycles. The molecule has 0 aliphatic heterocycles. The summed E-state index contributed by atoms with van der Waals surface area (Å²) in [5.74, 6) is -1.66. The summed E-state index contributed by atoms with van der Waals surface area (Å²) in [6, 6.07) is 14.1. The highest BCUT2D eigenvalue weighted by Crippen LogP contribution is 2.29. The molecule has 4 rings (SSSR count). The summed E-state index contributed by atoms with van der Waals surface area (Å²) in [4.78, 5) is 42.0. The van der Waals surface area contributed by atoms with Gasteiger partial charge in [0.05, 0.1) is 11.1 Å². The van der Waals surface area contributed by atoms with Gasteiger partial charge in [-0.05, 0) is 61.6 Å². The molecule has 0 atom stereocenters. The average Bonchev–Trinajstić information content (AvgIpc) is 3.05. The lowest BCUT2D eigenvalue weighted by Gasteiger charge is -2.15. The second-order valence-electron chi connectivity index (χ2n) is 7.58. The molecule has 2 N–H and O–H groups in total. The van der Waals surface area contributed by atoms with E-state index in [1.54, 1.807) is 24.3 Å². The minimum Gasteiger partial charge on any atom is -0.452 e. The standard InChI is InChI=1S/C24H22BrN3O4/c25-16-12-10-15(11-13-16)23(30)28-27-21(29)14-32-24(31)22-17-6-2-1-3-8-19(17)26-20-9-5-4-7-18(20)22/h4-5,7,9-13H,1-3,6,8,14H2,(H,27,29)(H,28,30). The maximum absolute atomic E-state index is 13.0. The number of carbonyl (C=O) groups excluding carboxylic acids is 3. The Labute approximate surface area is 193 Å². The highest BCUT2D eigenvalue weighted by molar-refractivity contribution is 9.10. The van der Waals surface area contributed by atoms with E-state index in [1.165, 1.54) is 0 Å². The zero-order valence-corrected chi connectivity index (χ0v) is 18.9. The zero-order valence-electron chi connectivity index (χ0n) is 17.3. The van der Waals surface area contributed by atoms with Crippen LogP contribution in [0.1, 0.15) is 51.2 Å². The van der Waals surface area contributed by atoms with E-state index in [0.29, 0.717) is 11.1 Å². The van der Waals surface area contributed by atoms with E-state index in [0.717, 1.165) is 58.7 Å². The van der Waals surface area contributed by atoms with E-state index in [2.05, 4.69) is 26.8 Å². The van der Waals surface area contributed by atoms with Gasteiger partial charge in [-0.15, -0.1) is 0 Å². The fourth-order valence-electron chi connectivity index (χ4n) is 3.82. The van der Waals surface area contributed by atoms with Gasteiger partial charge in [0.25, 0.3) is 11.8 Å². The third-order valence-corrected chi connectivity index (χ3v) is 5.91. The van der Waals surface area contributed by atoms with Gasteiger partial charge in [-0.2, -0.15) is 0 Å². The van der Waals surface area contributed by atoms with Crippen molar-refractivity contribution in [2.24, 2.45) is 0 Å². The van der Waals surface area contributed by atoms with Crippen LogP contribution in [0.25, 0.3) is 10.9 Å². The highest BCUT2D eigenvalue weighted by Gasteiger charge is 2.23. The first kappa shape index (κ1) is 22.0. The van der Waals surface area contributed by atoms with Gasteiger partial charge in [0.15, 0.2) is 6.61 Å². The molecule has 0 unspecified atom stereocenters. The van der Waals surface area contributed by atoms with Gasteiger partial charge in [0.2, 0.25) is 0 Å². The van der Waals surface area contributed by atoms with Gasteiger partial charge in [-0.1, -0.05) is 40.5 Å². The molecule has 0 saturated carbocycles. The molecule has 1 aliphatic carbocycles. The Hall–Kier alpha value is -3.26. The predicted molar refractivity (Wildman–Crippen MR) is 123 cm³/mol. The SMILES string of the molecule is O=C(COC(=O)c1c2c(nc3ccccc13)CCCCC2)NNC(=O)c1ccc(Br)cc1. The van der Waals surface area contributed by atoms with Crippen LogP contribution >= 0.6 is 15.9 Å². The van der Waals surface area contributed by atoms with Crippen LogP contribution in [0.5, 0.6) is 0 Å². The molecular weight excluding hydrogens is 474 g/mol. The number of para-hydroxylation sites is 1. The van der Waals surface area contributed by atoms with Crippen molar-refractivity contribution in [3.8, 4) is 0 Å². The van der Waals surface area contributed by atoms with Crippen LogP contribution < -0.4 is 10.9 Å². The van der Waals surface area contributed by atoms with Crippen LogP contribution in [-0.4, -0.2) is 29.4 Å². The number of aryl methyl sites for hydroxylation is 1. The fourth-order valence-corrected chi connectivity index (χ4v) is 4.09. The van der Waals surface area contributed by atoms with Gasteiger partial charge >= 0.3 is 5.97 Å². The van der Waals surface area contributed by atoms with Crippen molar-refractivity contribution in [3.63, 3.8) is 0 Å². The van der Waals surface area contributed by atoms with E-state index in [4.69, 9.17) is 9.72 Å². The monoisotopic (exact) mass is 495 g/mol. The van der Waals surface area contributed by atoms with Crippen molar-refractivity contribution in [1.82, 2.24) is 15.8 Å². The van der Waals surface area contributed by atoms with E-state index >= 15 is 0 Å². The second-order valence-corrected chi connectivity index (χ2v) is 8.49. The smallest absolute Gasteiger partial charge is 0.339 e. The van der Waals surface area contributed by atoms with Gasteiger partial charge in [0, 0.05) is 21.1 Å². The average molecular weight is 496 g/mol. The summed E-state index contributed by atoms with van der Waals surface area (Å²) >= 11 is 3.30. The van der Waals surface area contributed by atoms with E-state index in [9.17, 15) is 14.4 Å². The Morgan fingerprint density at radius 2 is 1.69 bits per heavy atom. The summed E-state index contributed by atoms with van der Waals surface area (Å²) in [5.41, 5.74) is 8.04. The van der Waals surface area contributed by atoms with E-state index in [-0.39, 0.29) is 0 Å². The molecule has 0 radical (unpaired) electrons. The maximum atomic E-state index is 13.0. The number of carbonyl (C=O) groups is 3. The molecule has 32 heavy (non-hydrogen) atoms. The molecule has 1 aliphatic rings. The third kappa shape index (κ3) is 4.96. The summed E-state index contributed by atoms with van der Waals surface area (Å²) in [6.45, 7) is -0.509. The first-order chi connectivity index (χ1) is 15.5. The number of aromatic nitrogens is 1. The van der Waals surface area contributed by atoms with Gasteiger partial charge in [-0.25, -0.2) is 4.79 Å².